The van der Waals surface area contributed by atoms with Crippen molar-refractivity contribution in [1.82, 2.24) is 4.72 Å². The molecule has 1 heterocycles. The lowest BCUT2D eigenvalue weighted by Crippen LogP contribution is -2.46. The van der Waals surface area contributed by atoms with Gasteiger partial charge in [0.25, 0.3) is 0 Å². The minimum atomic E-state index is -3.59. The zero-order valence-electron chi connectivity index (χ0n) is 9.39. The molecule has 1 rings (SSSR count). The van der Waals surface area contributed by atoms with Crippen LogP contribution in [0.25, 0.3) is 0 Å². The van der Waals surface area contributed by atoms with E-state index in [1.807, 2.05) is 0 Å². The summed E-state index contributed by atoms with van der Waals surface area (Å²) in [6.07, 6.45) is 0.646. The zero-order chi connectivity index (χ0) is 12.2. The first-order valence-electron chi connectivity index (χ1n) is 4.97. The van der Waals surface area contributed by atoms with Gasteiger partial charge < -0.3 is 9.47 Å². The maximum absolute atomic E-state index is 11.5. The number of ether oxygens (including phenoxy) is 2. The number of hydrogen-bond acceptors (Lipinski definition) is 5. The van der Waals surface area contributed by atoms with Crippen molar-refractivity contribution in [1.29, 1.82) is 5.26 Å². The van der Waals surface area contributed by atoms with Gasteiger partial charge in [-0.15, -0.1) is 0 Å². The summed E-state index contributed by atoms with van der Waals surface area (Å²) < 4.78 is 35.9. The summed E-state index contributed by atoms with van der Waals surface area (Å²) in [5.74, 6) is 0. The van der Waals surface area contributed by atoms with Gasteiger partial charge in [-0.3, -0.25) is 0 Å². The lowest BCUT2D eigenvalue weighted by Gasteiger charge is -2.26. The molecule has 0 aromatic rings. The molecule has 0 radical (unpaired) electrons. The van der Waals surface area contributed by atoms with E-state index in [0.29, 0.717) is 19.6 Å². The van der Waals surface area contributed by atoms with Gasteiger partial charge >= 0.3 is 0 Å². The maximum atomic E-state index is 11.5. The number of nitriles is 1. The van der Waals surface area contributed by atoms with E-state index >= 15 is 0 Å². The van der Waals surface area contributed by atoms with Crippen LogP contribution in [0.15, 0.2) is 0 Å². The van der Waals surface area contributed by atoms with Gasteiger partial charge in [-0.2, -0.15) is 5.26 Å². The van der Waals surface area contributed by atoms with Crippen molar-refractivity contribution in [2.45, 2.75) is 24.2 Å². The summed E-state index contributed by atoms with van der Waals surface area (Å²) in [5, 5.41) is 7.49. The van der Waals surface area contributed by atoms with Gasteiger partial charge in [-0.1, -0.05) is 0 Å². The van der Waals surface area contributed by atoms with Crippen LogP contribution in [-0.4, -0.2) is 46.1 Å². The molecule has 1 saturated heterocycles. The highest BCUT2D eigenvalue weighted by molar-refractivity contribution is 7.90. The van der Waals surface area contributed by atoms with Crippen LogP contribution in [0.5, 0.6) is 0 Å². The predicted molar refractivity (Wildman–Crippen MR) is 57.2 cm³/mol. The van der Waals surface area contributed by atoms with Crippen molar-refractivity contribution in [2.75, 3.05) is 26.9 Å². The third-order valence-corrected chi connectivity index (χ3v) is 4.33. The first-order valence-corrected chi connectivity index (χ1v) is 6.51. The van der Waals surface area contributed by atoms with Crippen molar-refractivity contribution in [3.8, 4) is 6.07 Å². The Labute approximate surface area is 95.6 Å². The van der Waals surface area contributed by atoms with Crippen molar-refractivity contribution in [2.24, 2.45) is 0 Å². The molecule has 0 aromatic carbocycles. The predicted octanol–water partition coefficient (Wildman–Crippen LogP) is -0.377. The van der Waals surface area contributed by atoms with E-state index in [2.05, 4.69) is 4.72 Å². The van der Waals surface area contributed by atoms with Gasteiger partial charge in [0.2, 0.25) is 10.0 Å². The third-order valence-electron chi connectivity index (χ3n) is 2.74. The van der Waals surface area contributed by atoms with Gasteiger partial charge in [0, 0.05) is 26.7 Å². The molecule has 7 heteroatoms. The molecule has 6 nitrogen and oxygen atoms in total. The fourth-order valence-corrected chi connectivity index (χ4v) is 2.24. The van der Waals surface area contributed by atoms with E-state index < -0.39 is 20.9 Å². The third kappa shape index (κ3) is 2.92. The highest BCUT2D eigenvalue weighted by Crippen LogP contribution is 2.21. The van der Waals surface area contributed by atoms with E-state index in [1.165, 1.54) is 14.0 Å². The van der Waals surface area contributed by atoms with E-state index in [0.717, 1.165) is 0 Å². The van der Waals surface area contributed by atoms with Crippen LogP contribution in [0.2, 0.25) is 0 Å². The Morgan fingerprint density at radius 1 is 1.69 bits per heavy atom. The minimum absolute atomic E-state index is 0.137. The Hall–Kier alpha value is -0.680. The van der Waals surface area contributed by atoms with Gasteiger partial charge in [0.1, 0.15) is 5.60 Å². The second-order valence-corrected chi connectivity index (χ2v) is 5.91. The molecule has 16 heavy (non-hydrogen) atoms. The lowest BCUT2D eigenvalue weighted by atomic mass is 10.0. The summed E-state index contributed by atoms with van der Waals surface area (Å²) >= 11 is 0. The topological polar surface area (TPSA) is 88.4 Å². The molecular weight excluding hydrogens is 232 g/mol. The van der Waals surface area contributed by atoms with Crippen LogP contribution in [0.3, 0.4) is 0 Å². The minimum Gasteiger partial charge on any atom is -0.378 e. The van der Waals surface area contributed by atoms with E-state index in [-0.39, 0.29) is 6.54 Å². The molecular formula is C9H16N2O4S. The Bertz CT molecular complexity index is 367. The van der Waals surface area contributed by atoms with Crippen LogP contribution >= 0.6 is 0 Å². The van der Waals surface area contributed by atoms with E-state index in [9.17, 15) is 8.42 Å². The number of methoxy groups -OCH3 is 1. The van der Waals surface area contributed by atoms with Crippen LogP contribution < -0.4 is 4.72 Å². The Morgan fingerprint density at radius 3 is 2.81 bits per heavy atom. The molecule has 0 saturated carbocycles. The molecule has 1 aliphatic rings. The highest BCUT2D eigenvalue weighted by Gasteiger charge is 2.36. The second-order valence-electron chi connectivity index (χ2n) is 3.83. The quantitative estimate of drug-likeness (QED) is 0.716. The van der Waals surface area contributed by atoms with Crippen molar-refractivity contribution >= 4 is 10.0 Å². The normalized spacial score (nSPS) is 27.6. The first kappa shape index (κ1) is 13.4. The number of nitrogens with one attached hydrogen (secondary N) is 1. The first-order chi connectivity index (χ1) is 7.46. The second kappa shape index (κ2) is 5.10. The molecule has 0 bridgehead atoms. The standard InChI is InChI=1S/C9H16N2O4S/c1-8(5-10)16(12,13)11-6-9(14-2)3-4-15-7-9/h8,11H,3-4,6-7H2,1-2H3. The monoisotopic (exact) mass is 248 g/mol. The average molecular weight is 248 g/mol. The molecule has 2 atom stereocenters. The molecule has 0 aliphatic carbocycles. The molecule has 0 spiro atoms. The van der Waals surface area contributed by atoms with E-state index in [4.69, 9.17) is 14.7 Å². The van der Waals surface area contributed by atoms with Gasteiger partial charge in [0.05, 0.1) is 12.7 Å². The van der Waals surface area contributed by atoms with Crippen molar-refractivity contribution < 1.29 is 17.9 Å². The Balaban J connectivity index is 2.60. The van der Waals surface area contributed by atoms with Crippen LogP contribution in [0.1, 0.15) is 13.3 Å². The summed E-state index contributed by atoms with van der Waals surface area (Å²) in [6.45, 7) is 2.40. The SMILES string of the molecule is COC1(CNS(=O)(=O)C(C)C#N)CCOC1. The smallest absolute Gasteiger partial charge is 0.227 e. The van der Waals surface area contributed by atoms with Crippen molar-refractivity contribution in [3.63, 3.8) is 0 Å². The number of hydrogen-bond donors (Lipinski definition) is 1. The van der Waals surface area contributed by atoms with Crippen LogP contribution in [0.4, 0.5) is 0 Å². The molecule has 0 aromatic heterocycles. The largest absolute Gasteiger partial charge is 0.378 e. The summed E-state index contributed by atoms with van der Waals surface area (Å²) in [4.78, 5) is 0. The lowest BCUT2D eigenvalue weighted by molar-refractivity contribution is -0.0120. The summed E-state index contributed by atoms with van der Waals surface area (Å²) in [5.41, 5.74) is -0.595. The molecule has 92 valence electrons. The average Bonchev–Trinajstić information content (AvgIpc) is 2.75. The highest BCUT2D eigenvalue weighted by atomic mass is 32.2. The fourth-order valence-electron chi connectivity index (χ4n) is 1.39. The van der Waals surface area contributed by atoms with Crippen molar-refractivity contribution in [3.05, 3.63) is 0 Å². The van der Waals surface area contributed by atoms with Crippen LogP contribution in [0, 0.1) is 11.3 Å². The van der Waals surface area contributed by atoms with Gasteiger partial charge in [-0.05, 0) is 6.92 Å². The van der Waals surface area contributed by atoms with Gasteiger partial charge in [0.15, 0.2) is 5.25 Å². The Kier molecular flexibility index (Phi) is 4.27. The fraction of sp³-hybridized carbons (Fsp3) is 0.889. The molecule has 0 amide bonds. The van der Waals surface area contributed by atoms with Crippen LogP contribution in [-0.2, 0) is 19.5 Å². The number of sulfonamides is 1. The summed E-state index contributed by atoms with van der Waals surface area (Å²) in [6, 6.07) is 1.69. The molecule has 1 aliphatic heterocycles. The maximum Gasteiger partial charge on any atom is 0.227 e. The van der Waals surface area contributed by atoms with E-state index in [1.54, 1.807) is 6.07 Å². The molecule has 1 N–H and O–H groups in total. The Morgan fingerprint density at radius 2 is 2.38 bits per heavy atom. The molecule has 1 fully saturated rings. The zero-order valence-corrected chi connectivity index (χ0v) is 10.2. The number of rotatable bonds is 5. The number of nitrogens with zero attached hydrogens (tertiary/aromatic N) is 1. The van der Waals surface area contributed by atoms with Gasteiger partial charge in [-0.25, -0.2) is 13.1 Å². The molecule has 2 unspecified atom stereocenters. The summed E-state index contributed by atoms with van der Waals surface area (Å²) in [7, 11) is -2.07.